The molecule has 0 bridgehead atoms. The first-order valence-electron chi connectivity index (χ1n) is 6.28. The highest BCUT2D eigenvalue weighted by atomic mass is 16.5. The Morgan fingerprint density at radius 3 is 2.70 bits per heavy atom. The molecule has 3 aromatic heterocycles. The first-order valence-corrected chi connectivity index (χ1v) is 6.28. The van der Waals surface area contributed by atoms with E-state index in [9.17, 15) is 0 Å². The molecule has 3 heterocycles. The van der Waals surface area contributed by atoms with Crippen LogP contribution in [0.3, 0.4) is 0 Å². The predicted molar refractivity (Wildman–Crippen MR) is 70.8 cm³/mol. The summed E-state index contributed by atoms with van der Waals surface area (Å²) in [5, 5.41) is 16.2. The highest BCUT2D eigenvalue weighted by Crippen LogP contribution is 2.19. The van der Waals surface area contributed by atoms with Crippen molar-refractivity contribution >= 4 is 0 Å². The van der Waals surface area contributed by atoms with Crippen molar-refractivity contribution in [2.75, 3.05) is 0 Å². The molecule has 0 saturated heterocycles. The van der Waals surface area contributed by atoms with E-state index in [1.165, 1.54) is 0 Å². The molecular formula is C13H14N6O. The van der Waals surface area contributed by atoms with Gasteiger partial charge in [-0.25, -0.2) is 0 Å². The normalized spacial score (nSPS) is 12.6. The van der Waals surface area contributed by atoms with Crippen molar-refractivity contribution in [3.8, 4) is 11.5 Å². The Balaban J connectivity index is 1.88. The monoisotopic (exact) mass is 270 g/mol. The molecule has 0 radical (unpaired) electrons. The van der Waals surface area contributed by atoms with Crippen LogP contribution in [0.1, 0.15) is 30.1 Å². The molecule has 0 aliphatic carbocycles. The topological polar surface area (TPSA) is 82.5 Å². The van der Waals surface area contributed by atoms with Crippen molar-refractivity contribution in [3.05, 3.63) is 41.7 Å². The summed E-state index contributed by atoms with van der Waals surface area (Å²) in [6.07, 6.45) is 3.72. The van der Waals surface area contributed by atoms with Gasteiger partial charge in [0, 0.05) is 6.20 Å². The van der Waals surface area contributed by atoms with Crippen molar-refractivity contribution in [1.29, 1.82) is 0 Å². The van der Waals surface area contributed by atoms with Crippen LogP contribution in [0.4, 0.5) is 0 Å². The second-order valence-electron chi connectivity index (χ2n) is 4.69. The zero-order chi connectivity index (χ0) is 14.1. The van der Waals surface area contributed by atoms with Crippen molar-refractivity contribution < 1.29 is 4.52 Å². The quantitative estimate of drug-likeness (QED) is 0.723. The lowest BCUT2D eigenvalue weighted by Crippen LogP contribution is -2.07. The van der Waals surface area contributed by atoms with Crippen LogP contribution in [-0.4, -0.2) is 30.1 Å². The van der Waals surface area contributed by atoms with Gasteiger partial charge in [-0.3, -0.25) is 4.68 Å². The van der Waals surface area contributed by atoms with E-state index in [2.05, 4.69) is 25.4 Å². The summed E-state index contributed by atoms with van der Waals surface area (Å²) in [7, 11) is 0. The van der Waals surface area contributed by atoms with Crippen molar-refractivity contribution in [2.24, 2.45) is 0 Å². The summed E-state index contributed by atoms with van der Waals surface area (Å²) >= 11 is 0. The Morgan fingerprint density at radius 1 is 1.20 bits per heavy atom. The van der Waals surface area contributed by atoms with Gasteiger partial charge in [0.2, 0.25) is 5.82 Å². The van der Waals surface area contributed by atoms with E-state index in [4.69, 9.17) is 4.52 Å². The Hall–Kier alpha value is -2.57. The third-order valence-corrected chi connectivity index (χ3v) is 2.95. The van der Waals surface area contributed by atoms with Gasteiger partial charge < -0.3 is 4.52 Å². The smallest absolute Gasteiger partial charge is 0.251 e. The second-order valence-corrected chi connectivity index (χ2v) is 4.69. The second kappa shape index (κ2) is 4.84. The van der Waals surface area contributed by atoms with E-state index in [0.717, 1.165) is 11.3 Å². The van der Waals surface area contributed by atoms with Crippen molar-refractivity contribution in [3.63, 3.8) is 0 Å². The summed E-state index contributed by atoms with van der Waals surface area (Å²) in [5.74, 6) is 0.925. The zero-order valence-corrected chi connectivity index (χ0v) is 11.5. The van der Waals surface area contributed by atoms with Crippen LogP contribution in [0.5, 0.6) is 0 Å². The molecule has 0 unspecified atom stereocenters. The van der Waals surface area contributed by atoms with Gasteiger partial charge in [0.15, 0.2) is 0 Å². The largest absolute Gasteiger partial charge is 0.337 e. The molecule has 0 aliphatic heterocycles. The molecule has 3 aromatic rings. The highest BCUT2D eigenvalue weighted by Gasteiger charge is 2.18. The average Bonchev–Trinajstić information content (AvgIpc) is 3.08. The van der Waals surface area contributed by atoms with Gasteiger partial charge in [0.1, 0.15) is 11.7 Å². The lowest BCUT2D eigenvalue weighted by Gasteiger charge is -2.05. The molecule has 0 aliphatic rings. The zero-order valence-electron chi connectivity index (χ0n) is 11.5. The van der Waals surface area contributed by atoms with Crippen molar-refractivity contribution in [2.45, 2.75) is 26.8 Å². The Morgan fingerprint density at radius 2 is 2.05 bits per heavy atom. The van der Waals surface area contributed by atoms with E-state index in [-0.39, 0.29) is 6.04 Å². The number of rotatable bonds is 3. The first kappa shape index (κ1) is 12.5. The van der Waals surface area contributed by atoms with E-state index < -0.39 is 0 Å². The number of aryl methyl sites for hydroxylation is 2. The van der Waals surface area contributed by atoms with Crippen molar-refractivity contribution in [1.82, 2.24) is 30.1 Å². The highest BCUT2D eigenvalue weighted by molar-refractivity contribution is 5.46. The maximum Gasteiger partial charge on any atom is 0.251 e. The predicted octanol–water partition coefficient (Wildman–Crippen LogP) is 1.95. The maximum absolute atomic E-state index is 5.29. The van der Waals surface area contributed by atoms with Crippen LogP contribution in [-0.2, 0) is 0 Å². The molecule has 0 fully saturated rings. The maximum atomic E-state index is 5.29. The molecule has 3 rings (SSSR count). The van der Waals surface area contributed by atoms with Crippen LogP contribution in [0.15, 0.2) is 29.0 Å². The standard InChI is InChI=1S/C13H14N6O/c1-8-6-14-19(7-8)10(3)13-15-12(18-20-13)11-5-4-9(2)16-17-11/h4-7,10H,1-3H3/t10-/m1/s1. The fourth-order valence-corrected chi connectivity index (χ4v) is 1.79. The molecule has 1 atom stereocenters. The number of hydrogen-bond acceptors (Lipinski definition) is 6. The van der Waals surface area contributed by atoms with Crippen LogP contribution >= 0.6 is 0 Å². The minimum Gasteiger partial charge on any atom is -0.337 e. The molecule has 20 heavy (non-hydrogen) atoms. The van der Waals surface area contributed by atoms with Gasteiger partial charge >= 0.3 is 0 Å². The van der Waals surface area contributed by atoms with Gasteiger partial charge in [-0.2, -0.15) is 15.2 Å². The van der Waals surface area contributed by atoms with E-state index in [1.54, 1.807) is 10.9 Å². The molecule has 7 heteroatoms. The van der Waals surface area contributed by atoms with Crippen LogP contribution in [0.2, 0.25) is 0 Å². The third-order valence-electron chi connectivity index (χ3n) is 2.95. The van der Waals surface area contributed by atoms with Gasteiger partial charge in [-0.15, -0.1) is 5.10 Å². The van der Waals surface area contributed by atoms with Gasteiger partial charge in [-0.1, -0.05) is 5.16 Å². The fraction of sp³-hybridized carbons (Fsp3) is 0.308. The lowest BCUT2D eigenvalue weighted by atomic mass is 10.3. The molecule has 0 saturated carbocycles. The minimum absolute atomic E-state index is 0.122. The number of aromatic nitrogens is 6. The third kappa shape index (κ3) is 2.29. The van der Waals surface area contributed by atoms with E-state index in [1.807, 2.05) is 39.1 Å². The Bertz CT molecular complexity index is 715. The van der Waals surface area contributed by atoms with Gasteiger partial charge in [0.25, 0.3) is 5.89 Å². The number of hydrogen-bond donors (Lipinski definition) is 0. The molecule has 0 aromatic carbocycles. The summed E-state index contributed by atoms with van der Waals surface area (Å²) in [6, 6.07) is 3.56. The minimum atomic E-state index is -0.122. The van der Waals surface area contributed by atoms with Crippen LogP contribution in [0.25, 0.3) is 11.5 Å². The van der Waals surface area contributed by atoms with Gasteiger partial charge in [-0.05, 0) is 38.5 Å². The summed E-state index contributed by atoms with van der Waals surface area (Å²) in [5.41, 5.74) is 2.52. The van der Waals surface area contributed by atoms with Crippen LogP contribution < -0.4 is 0 Å². The number of nitrogens with zero attached hydrogens (tertiary/aromatic N) is 6. The molecule has 0 spiro atoms. The molecule has 0 amide bonds. The Kier molecular flexibility index (Phi) is 3.02. The average molecular weight is 270 g/mol. The SMILES string of the molecule is Cc1cnn([C@H](C)c2nc(-c3ccc(C)nn3)no2)c1. The fourth-order valence-electron chi connectivity index (χ4n) is 1.79. The van der Waals surface area contributed by atoms with E-state index >= 15 is 0 Å². The molecular weight excluding hydrogens is 256 g/mol. The molecule has 0 N–H and O–H groups in total. The van der Waals surface area contributed by atoms with Crippen LogP contribution in [0, 0.1) is 13.8 Å². The lowest BCUT2D eigenvalue weighted by molar-refractivity contribution is 0.336. The molecule has 7 nitrogen and oxygen atoms in total. The summed E-state index contributed by atoms with van der Waals surface area (Å²) < 4.78 is 7.07. The molecule has 102 valence electrons. The Labute approximate surface area is 115 Å². The van der Waals surface area contributed by atoms with Gasteiger partial charge in [0.05, 0.1) is 11.9 Å². The van der Waals surface area contributed by atoms with E-state index in [0.29, 0.717) is 17.4 Å². The first-order chi connectivity index (χ1) is 9.63. The summed E-state index contributed by atoms with van der Waals surface area (Å²) in [6.45, 7) is 5.81. The summed E-state index contributed by atoms with van der Waals surface area (Å²) in [4.78, 5) is 4.35.